The van der Waals surface area contributed by atoms with Gasteiger partial charge in [0.05, 0.1) is 5.92 Å². The SMILES string of the molecule is CC(C)[C@H](C(=O)O)[C@H](Cc1ccc(-c2ccc(N)nc2)cc1)c1nnn[nH]1. The highest BCUT2D eigenvalue weighted by Crippen LogP contribution is 2.32. The van der Waals surface area contributed by atoms with Crippen LogP contribution in [0.4, 0.5) is 5.82 Å². The molecule has 3 rings (SSSR count). The number of carboxylic acids is 1. The number of H-pyrrole nitrogens is 1. The summed E-state index contributed by atoms with van der Waals surface area (Å²) < 4.78 is 0. The van der Waals surface area contributed by atoms with Crippen LogP contribution in [0.1, 0.15) is 31.2 Å². The summed E-state index contributed by atoms with van der Waals surface area (Å²) >= 11 is 0. The molecule has 140 valence electrons. The van der Waals surface area contributed by atoms with Crippen molar-refractivity contribution in [3.05, 3.63) is 54.0 Å². The normalized spacial score (nSPS) is 13.4. The number of pyridine rings is 1. The lowest BCUT2D eigenvalue weighted by atomic mass is 9.79. The van der Waals surface area contributed by atoms with Crippen LogP contribution in [0.25, 0.3) is 11.1 Å². The van der Waals surface area contributed by atoms with Crippen LogP contribution < -0.4 is 5.73 Å². The maximum atomic E-state index is 11.8. The Morgan fingerprint density at radius 1 is 1.15 bits per heavy atom. The fourth-order valence-corrected chi connectivity index (χ4v) is 3.30. The first-order valence-electron chi connectivity index (χ1n) is 8.73. The number of rotatable bonds is 7. The Bertz CT molecular complexity index is 876. The third kappa shape index (κ3) is 4.28. The third-order valence-electron chi connectivity index (χ3n) is 4.68. The Morgan fingerprint density at radius 3 is 2.37 bits per heavy atom. The number of benzene rings is 1. The minimum Gasteiger partial charge on any atom is -0.481 e. The molecule has 0 fully saturated rings. The summed E-state index contributed by atoms with van der Waals surface area (Å²) in [6, 6.07) is 11.6. The van der Waals surface area contributed by atoms with Gasteiger partial charge in [0.1, 0.15) is 5.82 Å². The summed E-state index contributed by atoms with van der Waals surface area (Å²) in [5, 5.41) is 23.6. The molecule has 0 amide bonds. The van der Waals surface area contributed by atoms with Crippen LogP contribution in [-0.4, -0.2) is 36.7 Å². The second-order valence-corrected chi connectivity index (χ2v) is 6.87. The minimum atomic E-state index is -0.851. The van der Waals surface area contributed by atoms with E-state index in [0.29, 0.717) is 18.1 Å². The van der Waals surface area contributed by atoms with Gasteiger partial charge in [-0.1, -0.05) is 38.1 Å². The van der Waals surface area contributed by atoms with E-state index in [9.17, 15) is 9.90 Å². The van der Waals surface area contributed by atoms with E-state index in [2.05, 4.69) is 25.6 Å². The Labute approximate surface area is 156 Å². The monoisotopic (exact) mass is 366 g/mol. The van der Waals surface area contributed by atoms with Crippen LogP contribution in [0.3, 0.4) is 0 Å². The van der Waals surface area contributed by atoms with E-state index in [1.54, 1.807) is 12.3 Å². The second-order valence-electron chi connectivity index (χ2n) is 6.87. The lowest BCUT2D eigenvalue weighted by Gasteiger charge is -2.25. The standard InChI is InChI=1S/C19H22N6O2/c1-11(2)17(19(26)27)15(18-22-24-25-23-18)9-12-3-5-13(6-4-12)14-7-8-16(20)21-10-14/h3-8,10-11,15,17H,9H2,1-2H3,(H2,20,21)(H,26,27)(H,22,23,24,25)/t15-,17-/m0/s1. The van der Waals surface area contributed by atoms with Gasteiger partial charge in [-0.2, -0.15) is 0 Å². The summed E-state index contributed by atoms with van der Waals surface area (Å²) in [6.45, 7) is 3.79. The van der Waals surface area contributed by atoms with Crippen molar-refractivity contribution in [1.29, 1.82) is 0 Å². The molecule has 0 radical (unpaired) electrons. The van der Waals surface area contributed by atoms with Crippen molar-refractivity contribution in [2.75, 3.05) is 5.73 Å². The fourth-order valence-electron chi connectivity index (χ4n) is 3.30. The van der Waals surface area contributed by atoms with Crippen LogP contribution in [0, 0.1) is 11.8 Å². The highest BCUT2D eigenvalue weighted by Gasteiger charge is 2.34. The number of aromatic nitrogens is 5. The molecule has 0 aliphatic carbocycles. The van der Waals surface area contributed by atoms with Crippen LogP contribution in [0.2, 0.25) is 0 Å². The first kappa shape index (κ1) is 18.5. The molecule has 3 aromatic rings. The molecule has 0 bridgehead atoms. The van der Waals surface area contributed by atoms with E-state index in [4.69, 9.17) is 5.73 Å². The van der Waals surface area contributed by atoms with Crippen LogP contribution in [0.15, 0.2) is 42.6 Å². The van der Waals surface area contributed by atoms with E-state index in [-0.39, 0.29) is 11.8 Å². The van der Waals surface area contributed by atoms with Gasteiger partial charge in [-0.15, -0.1) is 5.10 Å². The third-order valence-corrected chi connectivity index (χ3v) is 4.68. The molecule has 27 heavy (non-hydrogen) atoms. The number of nitrogens with zero attached hydrogens (tertiary/aromatic N) is 4. The maximum absolute atomic E-state index is 11.8. The Kier molecular flexibility index (Phi) is 5.44. The van der Waals surface area contributed by atoms with Gasteiger partial charge in [-0.25, -0.2) is 10.1 Å². The minimum absolute atomic E-state index is 0.0577. The molecule has 8 heteroatoms. The number of anilines is 1. The summed E-state index contributed by atoms with van der Waals surface area (Å²) in [5.41, 5.74) is 8.62. The molecule has 0 unspecified atom stereocenters. The molecule has 2 heterocycles. The van der Waals surface area contributed by atoms with Crippen molar-refractivity contribution in [2.45, 2.75) is 26.2 Å². The Morgan fingerprint density at radius 2 is 1.85 bits per heavy atom. The zero-order chi connectivity index (χ0) is 19.4. The molecular weight excluding hydrogens is 344 g/mol. The van der Waals surface area contributed by atoms with E-state index in [1.807, 2.05) is 44.2 Å². The highest BCUT2D eigenvalue weighted by molar-refractivity contribution is 5.71. The molecule has 0 spiro atoms. The van der Waals surface area contributed by atoms with E-state index >= 15 is 0 Å². The summed E-state index contributed by atoms with van der Waals surface area (Å²) in [4.78, 5) is 15.9. The number of hydrogen-bond donors (Lipinski definition) is 3. The number of aliphatic carboxylic acids is 1. The molecule has 0 saturated carbocycles. The molecule has 2 aromatic heterocycles. The Hall–Kier alpha value is -3.29. The average Bonchev–Trinajstić information content (AvgIpc) is 3.16. The van der Waals surface area contributed by atoms with Gasteiger partial charge < -0.3 is 10.8 Å². The van der Waals surface area contributed by atoms with Gasteiger partial charge in [-0.05, 0) is 46.0 Å². The number of nitrogens with one attached hydrogen (secondary N) is 1. The number of hydrogen-bond acceptors (Lipinski definition) is 6. The summed E-state index contributed by atoms with van der Waals surface area (Å²) in [5.74, 6) is -0.883. The van der Waals surface area contributed by atoms with E-state index < -0.39 is 11.9 Å². The van der Waals surface area contributed by atoms with Crippen molar-refractivity contribution in [1.82, 2.24) is 25.6 Å². The van der Waals surface area contributed by atoms with Gasteiger partial charge in [0.2, 0.25) is 0 Å². The number of tetrazole rings is 1. The fraction of sp³-hybridized carbons (Fsp3) is 0.316. The predicted octanol–water partition coefficient (Wildman–Crippen LogP) is 2.53. The number of nitrogens with two attached hydrogens (primary N) is 1. The van der Waals surface area contributed by atoms with Crippen molar-refractivity contribution in [3.8, 4) is 11.1 Å². The smallest absolute Gasteiger partial charge is 0.307 e. The van der Waals surface area contributed by atoms with Gasteiger partial charge in [0, 0.05) is 17.7 Å². The van der Waals surface area contributed by atoms with Crippen molar-refractivity contribution >= 4 is 11.8 Å². The zero-order valence-electron chi connectivity index (χ0n) is 15.2. The van der Waals surface area contributed by atoms with Gasteiger partial charge >= 0.3 is 5.97 Å². The van der Waals surface area contributed by atoms with Crippen molar-refractivity contribution in [2.24, 2.45) is 11.8 Å². The molecule has 0 saturated heterocycles. The van der Waals surface area contributed by atoms with Crippen LogP contribution >= 0.6 is 0 Å². The lowest BCUT2D eigenvalue weighted by Crippen LogP contribution is -2.29. The topological polar surface area (TPSA) is 131 Å². The van der Waals surface area contributed by atoms with Crippen molar-refractivity contribution < 1.29 is 9.90 Å². The second kappa shape index (κ2) is 7.94. The number of carboxylic acid groups (broad SMARTS) is 1. The van der Waals surface area contributed by atoms with Gasteiger partial charge in [0.25, 0.3) is 0 Å². The first-order chi connectivity index (χ1) is 13.0. The number of aromatic amines is 1. The molecule has 1 aromatic carbocycles. The quantitative estimate of drug-likeness (QED) is 0.585. The highest BCUT2D eigenvalue weighted by atomic mass is 16.4. The number of carbonyl (C=O) groups is 1. The molecule has 2 atom stereocenters. The van der Waals surface area contributed by atoms with E-state index in [1.165, 1.54) is 0 Å². The molecule has 0 aliphatic rings. The van der Waals surface area contributed by atoms with Gasteiger partial charge in [-0.3, -0.25) is 4.79 Å². The molecule has 4 N–H and O–H groups in total. The number of nitrogen functional groups attached to an aromatic ring is 1. The summed E-state index contributed by atoms with van der Waals surface area (Å²) in [6.07, 6.45) is 2.25. The molecule has 0 aliphatic heterocycles. The van der Waals surface area contributed by atoms with Crippen LogP contribution in [0.5, 0.6) is 0 Å². The average molecular weight is 366 g/mol. The molecule has 8 nitrogen and oxygen atoms in total. The molecular formula is C19H22N6O2. The van der Waals surface area contributed by atoms with Crippen molar-refractivity contribution in [3.63, 3.8) is 0 Å². The van der Waals surface area contributed by atoms with Gasteiger partial charge in [0.15, 0.2) is 5.82 Å². The largest absolute Gasteiger partial charge is 0.481 e. The lowest BCUT2D eigenvalue weighted by molar-refractivity contribution is -0.144. The van der Waals surface area contributed by atoms with E-state index in [0.717, 1.165) is 16.7 Å². The first-order valence-corrected chi connectivity index (χ1v) is 8.73. The van der Waals surface area contributed by atoms with Crippen LogP contribution in [-0.2, 0) is 11.2 Å². The maximum Gasteiger partial charge on any atom is 0.307 e. The Balaban J connectivity index is 1.85. The summed E-state index contributed by atoms with van der Waals surface area (Å²) in [7, 11) is 0. The predicted molar refractivity (Wildman–Crippen MR) is 101 cm³/mol. The zero-order valence-corrected chi connectivity index (χ0v) is 15.2.